The third-order valence-electron chi connectivity index (χ3n) is 8.43. The number of phosphoric ester groups is 3. The predicted molar refractivity (Wildman–Crippen MR) is 215 cm³/mol. The smallest absolute Gasteiger partial charge is 0.386 e. The highest BCUT2D eigenvalue weighted by atomic mass is 32.2. The first-order valence-electron chi connectivity index (χ1n) is 18.2. The van der Waals surface area contributed by atoms with Crippen LogP contribution in [-0.2, 0) is 55.5 Å². The van der Waals surface area contributed by atoms with E-state index in [-0.39, 0.29) is 53.8 Å². The number of rotatable bonds is 25. The molecule has 29 heteroatoms. The number of hydrogen-bond donors (Lipinski definition) is 9. The number of ether oxygens (including phenoxy) is 1. The molecule has 0 aliphatic carbocycles. The number of aliphatic hydroxyl groups excluding tert-OH is 2. The number of phosphoric acid groups is 3. The Morgan fingerprint density at radius 3 is 2.39 bits per heavy atom. The van der Waals surface area contributed by atoms with Crippen LogP contribution in [0.15, 0.2) is 36.0 Å². The Labute approximate surface area is 353 Å². The quantitative estimate of drug-likeness (QED) is 0.0220. The molecule has 7 unspecified atom stereocenters. The van der Waals surface area contributed by atoms with Crippen molar-refractivity contribution < 1.29 is 85.3 Å². The number of fused-ring (bicyclic) bond motifs is 1. The van der Waals surface area contributed by atoms with Gasteiger partial charge in [-0.25, -0.2) is 28.6 Å². The molecule has 0 bridgehead atoms. The van der Waals surface area contributed by atoms with Gasteiger partial charge in [-0.3, -0.25) is 32.5 Å². The van der Waals surface area contributed by atoms with Gasteiger partial charge in [-0.2, -0.15) is 4.31 Å². The van der Waals surface area contributed by atoms with E-state index in [0.717, 1.165) is 40.8 Å². The number of nitrogens with zero attached hydrogens (tertiary/aromatic N) is 4. The van der Waals surface area contributed by atoms with Crippen molar-refractivity contribution in [2.45, 2.75) is 84.0 Å². The monoisotopic (exact) mass is 945 g/mol. The summed E-state index contributed by atoms with van der Waals surface area (Å²) in [6.45, 7) is 4.22. The van der Waals surface area contributed by atoms with Crippen molar-refractivity contribution in [3.8, 4) is 0 Å². The van der Waals surface area contributed by atoms with Crippen molar-refractivity contribution in [1.29, 1.82) is 0 Å². The van der Waals surface area contributed by atoms with Crippen LogP contribution in [0.4, 0.5) is 5.82 Å². The van der Waals surface area contributed by atoms with E-state index in [0.29, 0.717) is 18.4 Å². The lowest BCUT2D eigenvalue weighted by Crippen LogP contribution is -2.46. The summed E-state index contributed by atoms with van der Waals surface area (Å²) in [5.41, 5.74) is 6.05. The third-order valence-corrected chi connectivity index (χ3v) is 12.3. The number of aromatic nitrogens is 4. The van der Waals surface area contributed by atoms with Crippen LogP contribution in [-0.4, -0.2) is 129 Å². The largest absolute Gasteiger partial charge is 0.481 e. The summed E-state index contributed by atoms with van der Waals surface area (Å²) in [7, 11) is -16.4. The van der Waals surface area contributed by atoms with Crippen LogP contribution in [0.3, 0.4) is 0 Å². The van der Waals surface area contributed by atoms with Crippen LogP contribution < -0.4 is 16.4 Å². The summed E-state index contributed by atoms with van der Waals surface area (Å²) in [5.74, 6) is -1.29. The molecule has 7 atom stereocenters. The average Bonchev–Trinajstić information content (AvgIpc) is 3.71. The Kier molecular flexibility index (Phi) is 19.5. The second kappa shape index (κ2) is 22.9. The molecule has 2 amide bonds. The molecule has 0 spiro atoms. The van der Waals surface area contributed by atoms with Gasteiger partial charge in [-0.05, 0) is 32.8 Å². The SMILES string of the molecule is CC(C)=CCCC(=CC(=O)SCCNC(=O)CCNC(=O)C(O)C(C)(C)COP(=O)(O)OP(=O)(O)OCC1OC(n2cnc3c(N)ncnc32)C(O)C1OP(=O)(O)O)CC=O. The first-order valence-corrected chi connectivity index (χ1v) is 23.7. The van der Waals surface area contributed by atoms with Gasteiger partial charge in [0.05, 0.1) is 19.5 Å². The maximum absolute atomic E-state index is 12.7. The van der Waals surface area contributed by atoms with Crippen molar-refractivity contribution >= 4 is 75.4 Å². The highest BCUT2D eigenvalue weighted by Crippen LogP contribution is 2.61. The lowest BCUT2D eigenvalue weighted by atomic mass is 9.87. The van der Waals surface area contributed by atoms with Crippen molar-refractivity contribution in [1.82, 2.24) is 30.2 Å². The Morgan fingerprint density at radius 1 is 1.05 bits per heavy atom. The zero-order valence-corrected chi connectivity index (χ0v) is 36.8. The van der Waals surface area contributed by atoms with E-state index < -0.39 is 84.6 Å². The molecule has 1 aliphatic rings. The molecule has 1 aliphatic heterocycles. The number of nitrogen functional groups attached to an aromatic ring is 1. The number of amides is 2. The minimum Gasteiger partial charge on any atom is -0.386 e. The summed E-state index contributed by atoms with van der Waals surface area (Å²) in [6, 6.07) is 0. The number of carbonyl (C=O) groups excluding carboxylic acids is 4. The molecule has 2 aromatic heterocycles. The van der Waals surface area contributed by atoms with E-state index >= 15 is 0 Å². The van der Waals surface area contributed by atoms with Gasteiger partial charge in [0.15, 0.2) is 17.7 Å². The number of hydrogen-bond acceptors (Lipinski definition) is 19. The standard InChI is InChI=1S/C32H50N7O18P3S/c1-19(2)6-5-7-20(9-12-40)14-23(42)61-13-11-34-22(41)8-10-35-30(45)27(44)32(3,4)16-54-60(51,52)57-59(49,50)53-15-21-26(56-58(46,47)48)25(43)31(55-21)39-18-38-24-28(33)36-17-37-29(24)39/h6,12,14,17-18,21,25-27,31,43-44H,5,7-11,13,15-16H2,1-4H3,(H,34,41)(H,35,45)(H,49,50)(H,51,52)(H2,33,36,37)(H2,46,47,48). The van der Waals surface area contributed by atoms with Crippen molar-refractivity contribution in [3.05, 3.63) is 36.0 Å². The predicted octanol–water partition coefficient (Wildman–Crippen LogP) is 0.927. The number of nitrogens with one attached hydrogen (secondary N) is 2. The molecular formula is C32H50N7O18P3S. The molecule has 10 N–H and O–H groups in total. The lowest BCUT2D eigenvalue weighted by Gasteiger charge is -2.30. The van der Waals surface area contributed by atoms with Gasteiger partial charge in [-0.1, -0.05) is 42.8 Å². The zero-order valence-electron chi connectivity index (χ0n) is 33.3. The highest BCUT2D eigenvalue weighted by molar-refractivity contribution is 8.14. The molecule has 1 fully saturated rings. The van der Waals surface area contributed by atoms with Crippen LogP contribution in [0.2, 0.25) is 0 Å². The fourth-order valence-electron chi connectivity index (χ4n) is 5.38. The molecule has 3 rings (SSSR count). The molecule has 2 aromatic rings. The van der Waals surface area contributed by atoms with Crippen LogP contribution in [0, 0.1) is 5.41 Å². The van der Waals surface area contributed by atoms with Gasteiger partial charge >= 0.3 is 23.5 Å². The number of nitrogens with two attached hydrogens (primary N) is 1. The second-order valence-corrected chi connectivity index (χ2v) is 19.6. The number of thioether (sulfide) groups is 1. The fraction of sp³-hybridized carbons (Fsp3) is 0.594. The van der Waals surface area contributed by atoms with Crippen molar-refractivity contribution in [2.75, 3.05) is 37.8 Å². The maximum Gasteiger partial charge on any atom is 0.481 e. The number of imidazole rings is 1. The number of aliphatic hydroxyl groups is 2. The number of allylic oxidation sites excluding steroid dienone is 3. The summed E-state index contributed by atoms with van der Waals surface area (Å²) in [5, 5.41) is 26.1. The number of aldehydes is 1. The first kappa shape index (κ1) is 52.1. The van der Waals surface area contributed by atoms with Crippen LogP contribution in [0.1, 0.15) is 59.6 Å². The third kappa shape index (κ3) is 17.1. The molecule has 3 heterocycles. The lowest BCUT2D eigenvalue weighted by molar-refractivity contribution is -0.137. The Balaban J connectivity index is 1.45. The normalized spacial score (nSPS) is 21.0. The zero-order chi connectivity index (χ0) is 45.8. The molecule has 61 heavy (non-hydrogen) atoms. The summed E-state index contributed by atoms with van der Waals surface area (Å²) in [4.78, 5) is 99.1. The van der Waals surface area contributed by atoms with Gasteiger partial charge in [0, 0.05) is 37.1 Å². The van der Waals surface area contributed by atoms with Crippen LogP contribution >= 0.6 is 35.2 Å². The van der Waals surface area contributed by atoms with Crippen molar-refractivity contribution in [2.24, 2.45) is 5.41 Å². The first-order chi connectivity index (χ1) is 28.3. The van der Waals surface area contributed by atoms with E-state index in [9.17, 15) is 62.7 Å². The van der Waals surface area contributed by atoms with Crippen molar-refractivity contribution in [3.63, 3.8) is 0 Å². The second-order valence-electron chi connectivity index (χ2n) is 14.2. The topological polar surface area (TPSA) is 381 Å². The van der Waals surface area contributed by atoms with E-state index in [4.69, 9.17) is 19.5 Å². The molecule has 0 saturated carbocycles. The molecule has 342 valence electrons. The number of carbonyl (C=O) groups is 4. The molecule has 25 nitrogen and oxygen atoms in total. The number of anilines is 1. The maximum atomic E-state index is 12.7. The fourth-order valence-corrected chi connectivity index (χ4v) is 8.86. The Morgan fingerprint density at radius 2 is 1.74 bits per heavy atom. The minimum atomic E-state index is -5.59. The molecular weight excluding hydrogens is 895 g/mol. The van der Waals surface area contributed by atoms with Gasteiger partial charge in [0.25, 0.3) is 0 Å². The van der Waals surface area contributed by atoms with E-state index in [1.807, 2.05) is 19.9 Å². The highest BCUT2D eigenvalue weighted by Gasteiger charge is 2.50. The van der Waals surface area contributed by atoms with Gasteiger partial charge < -0.3 is 55.7 Å². The van der Waals surface area contributed by atoms with E-state index in [1.165, 1.54) is 19.9 Å². The van der Waals surface area contributed by atoms with Gasteiger partial charge in [0.1, 0.15) is 42.5 Å². The minimum absolute atomic E-state index is 0.0238. The van der Waals surface area contributed by atoms with Crippen LogP contribution in [0.5, 0.6) is 0 Å². The van der Waals surface area contributed by atoms with E-state index in [2.05, 4.69) is 34.4 Å². The average molecular weight is 946 g/mol. The summed E-state index contributed by atoms with van der Waals surface area (Å²) >= 11 is 0.956. The van der Waals surface area contributed by atoms with Gasteiger partial charge in [-0.15, -0.1) is 0 Å². The Hall–Kier alpha value is -3.29. The summed E-state index contributed by atoms with van der Waals surface area (Å²) < 4.78 is 62.2. The Bertz CT molecular complexity index is 2080. The summed E-state index contributed by atoms with van der Waals surface area (Å²) in [6.07, 6.45) is -1.48. The van der Waals surface area contributed by atoms with E-state index in [1.54, 1.807) is 0 Å². The van der Waals surface area contributed by atoms with Crippen LogP contribution in [0.25, 0.3) is 11.2 Å². The molecule has 0 aromatic carbocycles. The van der Waals surface area contributed by atoms with Gasteiger partial charge in [0.2, 0.25) is 16.9 Å². The molecule has 0 radical (unpaired) electrons. The molecule has 1 saturated heterocycles.